The summed E-state index contributed by atoms with van der Waals surface area (Å²) in [6.45, 7) is 1.62. The Hall–Kier alpha value is -2.75. The van der Waals surface area contributed by atoms with Crippen LogP contribution in [0.1, 0.15) is 22.0 Å². The number of hydrogen-bond acceptors (Lipinski definition) is 8. The number of carbonyl (C=O) groups is 1. The van der Waals surface area contributed by atoms with Crippen LogP contribution in [0.4, 0.5) is 5.13 Å². The summed E-state index contributed by atoms with van der Waals surface area (Å²) < 4.78 is 22.8. The van der Waals surface area contributed by atoms with Crippen LogP contribution in [0.5, 0.6) is 11.5 Å². The minimum Gasteiger partial charge on any atom is -0.495 e. The molecule has 1 atom stereocenters. The number of hydrogen-bond donors (Lipinski definition) is 1. The lowest BCUT2D eigenvalue weighted by Crippen LogP contribution is -2.21. The molecule has 0 radical (unpaired) electrons. The van der Waals surface area contributed by atoms with Gasteiger partial charge in [-0.2, -0.15) is 0 Å². The molecule has 1 saturated heterocycles. The molecule has 1 N–H and O–H groups in total. The molecule has 1 aromatic carbocycles. The number of carbonyl (C=O) groups excluding carboxylic acids is 1. The van der Waals surface area contributed by atoms with Crippen LogP contribution in [0.25, 0.3) is 10.2 Å². The third-order valence-corrected chi connectivity index (χ3v) is 5.37. The number of pyridine rings is 1. The molecule has 3 heterocycles. The monoisotopic (exact) mass is 401 g/mol. The van der Waals surface area contributed by atoms with Crippen molar-refractivity contribution in [1.82, 2.24) is 9.97 Å². The maximum absolute atomic E-state index is 12.6. The fourth-order valence-electron chi connectivity index (χ4n) is 2.97. The van der Waals surface area contributed by atoms with E-state index in [2.05, 4.69) is 15.3 Å². The topological polar surface area (TPSA) is 91.8 Å². The van der Waals surface area contributed by atoms with E-state index in [1.54, 1.807) is 13.2 Å². The number of thiazole rings is 1. The lowest BCUT2D eigenvalue weighted by Gasteiger charge is -2.23. The number of aromatic nitrogens is 2. The smallest absolute Gasteiger partial charge is 0.259 e. The molecule has 4 rings (SSSR count). The minimum atomic E-state index is -0.316. The van der Waals surface area contributed by atoms with Gasteiger partial charge in [0.15, 0.2) is 5.13 Å². The van der Waals surface area contributed by atoms with Crippen LogP contribution in [0, 0.1) is 0 Å². The molecule has 1 amide bonds. The zero-order chi connectivity index (χ0) is 19.5. The summed E-state index contributed by atoms with van der Waals surface area (Å²) >= 11 is 1.37. The zero-order valence-electron chi connectivity index (χ0n) is 15.4. The van der Waals surface area contributed by atoms with Gasteiger partial charge in [-0.25, -0.2) is 4.98 Å². The van der Waals surface area contributed by atoms with E-state index in [-0.39, 0.29) is 12.0 Å². The first-order valence-corrected chi connectivity index (χ1v) is 9.48. The molecule has 0 aliphatic carbocycles. The molecule has 28 heavy (non-hydrogen) atoms. The fraction of sp³-hybridized carbons (Fsp3) is 0.316. The first-order chi connectivity index (χ1) is 13.7. The second-order valence-corrected chi connectivity index (χ2v) is 7.05. The molecular formula is C19H19N3O5S. The molecule has 3 aromatic rings. The van der Waals surface area contributed by atoms with Crippen LogP contribution >= 0.6 is 11.3 Å². The number of benzene rings is 1. The van der Waals surface area contributed by atoms with Gasteiger partial charge in [0.2, 0.25) is 0 Å². The van der Waals surface area contributed by atoms with Crippen molar-refractivity contribution < 1.29 is 23.7 Å². The van der Waals surface area contributed by atoms with Crippen molar-refractivity contribution in [2.45, 2.75) is 6.10 Å². The fourth-order valence-corrected chi connectivity index (χ4v) is 4.00. The third kappa shape index (κ3) is 3.64. The van der Waals surface area contributed by atoms with E-state index >= 15 is 0 Å². The average molecular weight is 401 g/mol. The van der Waals surface area contributed by atoms with Gasteiger partial charge in [-0.1, -0.05) is 17.4 Å². The van der Waals surface area contributed by atoms with Gasteiger partial charge in [0.1, 0.15) is 23.1 Å². The Morgan fingerprint density at radius 2 is 2.14 bits per heavy atom. The first-order valence-electron chi connectivity index (χ1n) is 8.66. The van der Waals surface area contributed by atoms with Crippen LogP contribution in [0.15, 0.2) is 30.6 Å². The van der Waals surface area contributed by atoms with Crippen molar-refractivity contribution in [3.63, 3.8) is 0 Å². The minimum absolute atomic E-state index is 0.172. The second-order valence-electron chi connectivity index (χ2n) is 6.06. The lowest BCUT2D eigenvalue weighted by atomic mass is 10.1. The van der Waals surface area contributed by atoms with Gasteiger partial charge in [-0.15, -0.1) is 0 Å². The second kappa shape index (κ2) is 8.09. The number of rotatable bonds is 5. The van der Waals surface area contributed by atoms with Gasteiger partial charge in [-0.3, -0.25) is 15.1 Å². The van der Waals surface area contributed by atoms with E-state index in [1.165, 1.54) is 30.8 Å². The van der Waals surface area contributed by atoms with Gasteiger partial charge >= 0.3 is 0 Å². The quantitative estimate of drug-likeness (QED) is 0.702. The summed E-state index contributed by atoms with van der Waals surface area (Å²) in [4.78, 5) is 21.2. The molecule has 1 aliphatic heterocycles. The molecule has 146 valence electrons. The van der Waals surface area contributed by atoms with Gasteiger partial charge in [0.25, 0.3) is 5.91 Å². The largest absolute Gasteiger partial charge is 0.495 e. The van der Waals surface area contributed by atoms with E-state index in [9.17, 15) is 4.79 Å². The van der Waals surface area contributed by atoms with Crippen LogP contribution < -0.4 is 14.8 Å². The highest BCUT2D eigenvalue weighted by atomic mass is 32.1. The Bertz CT molecular complexity index is 1000. The zero-order valence-corrected chi connectivity index (χ0v) is 16.2. The van der Waals surface area contributed by atoms with Crippen LogP contribution in [-0.4, -0.2) is 49.9 Å². The predicted octanol–water partition coefficient (Wildman–Crippen LogP) is 3.05. The average Bonchev–Trinajstić information content (AvgIpc) is 3.17. The van der Waals surface area contributed by atoms with E-state index in [0.717, 1.165) is 10.3 Å². The van der Waals surface area contributed by atoms with Crippen molar-refractivity contribution in [1.29, 1.82) is 0 Å². The standard InChI is InChI=1S/C19H19N3O5S/c1-24-12-7-11(8-20-9-12)18(23)22-19-21-16-14(25-2)4-3-13(17(16)28-19)15-10-26-5-6-27-15/h3-4,7-9,15H,5-6,10H2,1-2H3,(H,21,22,23). The summed E-state index contributed by atoms with van der Waals surface area (Å²) in [5.41, 5.74) is 2.03. The molecule has 9 heteroatoms. The highest BCUT2D eigenvalue weighted by Crippen LogP contribution is 2.39. The molecule has 1 unspecified atom stereocenters. The summed E-state index contributed by atoms with van der Waals surface area (Å²) in [5.74, 6) is 0.828. The van der Waals surface area contributed by atoms with Gasteiger partial charge in [0, 0.05) is 11.8 Å². The van der Waals surface area contributed by atoms with Crippen LogP contribution in [0.3, 0.4) is 0 Å². The summed E-state index contributed by atoms with van der Waals surface area (Å²) in [7, 11) is 3.12. The number of fused-ring (bicyclic) bond motifs is 1. The molecule has 0 spiro atoms. The van der Waals surface area contributed by atoms with Crippen molar-refractivity contribution in [3.8, 4) is 11.5 Å². The maximum atomic E-state index is 12.6. The lowest BCUT2D eigenvalue weighted by molar-refractivity contribution is -0.0895. The Labute approximate surface area is 165 Å². The third-order valence-electron chi connectivity index (χ3n) is 4.35. The summed E-state index contributed by atoms with van der Waals surface area (Å²) in [6, 6.07) is 5.43. The van der Waals surface area contributed by atoms with Gasteiger partial charge in [0.05, 0.1) is 50.5 Å². The molecule has 1 fully saturated rings. The molecular weight excluding hydrogens is 382 g/mol. The highest BCUT2D eigenvalue weighted by molar-refractivity contribution is 7.22. The Morgan fingerprint density at radius 3 is 2.89 bits per heavy atom. The Balaban J connectivity index is 1.66. The number of nitrogens with zero attached hydrogens (tertiary/aromatic N) is 2. The van der Waals surface area contributed by atoms with Crippen LogP contribution in [0.2, 0.25) is 0 Å². The van der Waals surface area contributed by atoms with Gasteiger partial charge in [-0.05, 0) is 12.1 Å². The van der Waals surface area contributed by atoms with Crippen LogP contribution in [-0.2, 0) is 9.47 Å². The number of nitrogens with one attached hydrogen (secondary N) is 1. The van der Waals surface area contributed by atoms with E-state index in [1.807, 2.05) is 12.1 Å². The number of amides is 1. The van der Waals surface area contributed by atoms with Crippen molar-refractivity contribution >= 4 is 32.6 Å². The highest BCUT2D eigenvalue weighted by Gasteiger charge is 2.23. The van der Waals surface area contributed by atoms with E-state index in [0.29, 0.717) is 47.5 Å². The molecule has 1 aliphatic rings. The maximum Gasteiger partial charge on any atom is 0.259 e. The SMILES string of the molecule is COc1cncc(C(=O)Nc2nc3c(OC)ccc(C4COCCO4)c3s2)c1. The molecule has 8 nitrogen and oxygen atoms in total. The predicted molar refractivity (Wildman–Crippen MR) is 104 cm³/mol. The van der Waals surface area contributed by atoms with Crippen molar-refractivity contribution in [2.75, 3.05) is 39.4 Å². The normalized spacial score (nSPS) is 16.7. The number of methoxy groups -OCH3 is 2. The Kier molecular flexibility index (Phi) is 5.38. The summed E-state index contributed by atoms with van der Waals surface area (Å²) in [6.07, 6.45) is 2.84. The van der Waals surface area contributed by atoms with E-state index < -0.39 is 0 Å². The number of ether oxygens (including phenoxy) is 4. The summed E-state index contributed by atoms with van der Waals surface area (Å²) in [5, 5.41) is 3.29. The molecule has 2 aromatic heterocycles. The molecule has 0 bridgehead atoms. The molecule has 0 saturated carbocycles. The first kappa shape index (κ1) is 18.6. The number of anilines is 1. The van der Waals surface area contributed by atoms with Gasteiger partial charge < -0.3 is 18.9 Å². The van der Waals surface area contributed by atoms with E-state index in [4.69, 9.17) is 18.9 Å². The van der Waals surface area contributed by atoms with Crippen molar-refractivity contribution in [3.05, 3.63) is 41.7 Å². The Morgan fingerprint density at radius 1 is 1.25 bits per heavy atom. The van der Waals surface area contributed by atoms with Crippen molar-refractivity contribution in [2.24, 2.45) is 0 Å².